The summed E-state index contributed by atoms with van der Waals surface area (Å²) in [5.74, 6) is 0.361. The van der Waals surface area contributed by atoms with Gasteiger partial charge in [0.05, 0.1) is 22.4 Å². The number of halogens is 1. The Kier molecular flexibility index (Phi) is 5.40. The summed E-state index contributed by atoms with van der Waals surface area (Å²) in [6.45, 7) is 5.86. The molecule has 3 rings (SSSR count). The number of hydrogen-bond donors (Lipinski definition) is 2. The highest BCUT2D eigenvalue weighted by Crippen LogP contribution is 2.40. The van der Waals surface area contributed by atoms with E-state index in [2.05, 4.69) is 35.9 Å². The van der Waals surface area contributed by atoms with Crippen molar-refractivity contribution in [1.82, 2.24) is 4.98 Å². The molecule has 5 nitrogen and oxygen atoms in total. The van der Waals surface area contributed by atoms with Gasteiger partial charge in [0, 0.05) is 24.7 Å². The van der Waals surface area contributed by atoms with E-state index < -0.39 is 7.60 Å². The molecule has 1 aliphatic rings. The van der Waals surface area contributed by atoms with E-state index in [1.807, 2.05) is 0 Å². The molecule has 0 atom stereocenters. The predicted octanol–water partition coefficient (Wildman–Crippen LogP) is 4.29. The van der Waals surface area contributed by atoms with Gasteiger partial charge in [0.1, 0.15) is 0 Å². The molecule has 0 saturated carbocycles. The van der Waals surface area contributed by atoms with E-state index in [1.165, 1.54) is 11.1 Å². The molecule has 1 aromatic carbocycles. The molecule has 0 spiro atoms. The molecule has 2 aromatic rings. The smallest absolute Gasteiger partial charge is 0.325 e. The number of fused-ring (bicyclic) bond motifs is 1. The summed E-state index contributed by atoms with van der Waals surface area (Å²) in [6.07, 6.45) is 4.13. The van der Waals surface area contributed by atoms with Gasteiger partial charge in [0.25, 0.3) is 0 Å². The zero-order valence-electron chi connectivity index (χ0n) is 14.6. The fourth-order valence-electron chi connectivity index (χ4n) is 3.53. The Morgan fingerprint density at radius 3 is 2.52 bits per heavy atom. The normalized spacial score (nSPS) is 16.6. The van der Waals surface area contributed by atoms with Gasteiger partial charge in [-0.3, -0.25) is 9.55 Å². The number of rotatable bonds is 4. The zero-order valence-corrected chi connectivity index (χ0v) is 16.2. The largest absolute Gasteiger partial charge is 0.370 e. The molecular formula is C18H24ClN2O3P. The molecule has 2 N–H and O–H groups in total. The standard InChI is InChI=1S/C18H24ClN2O3P/c1-12-9-15-17(10-13(12)2)20-11-16(19)18(15)21-6-3-14(4-7-21)5-8-25(22,23)24/h9-11,14H,3-8H2,1-2H3,(H2,22,23,24). The van der Waals surface area contributed by atoms with E-state index in [-0.39, 0.29) is 6.16 Å². The number of aromatic nitrogens is 1. The molecule has 0 amide bonds. The van der Waals surface area contributed by atoms with Crippen LogP contribution in [0, 0.1) is 19.8 Å². The minimum Gasteiger partial charge on any atom is -0.370 e. The highest BCUT2D eigenvalue weighted by molar-refractivity contribution is 7.51. The van der Waals surface area contributed by atoms with E-state index in [4.69, 9.17) is 21.4 Å². The van der Waals surface area contributed by atoms with Crippen LogP contribution in [0.1, 0.15) is 30.4 Å². The highest BCUT2D eigenvalue weighted by atomic mass is 35.5. The summed E-state index contributed by atoms with van der Waals surface area (Å²) in [5, 5.41) is 1.73. The van der Waals surface area contributed by atoms with Crippen molar-refractivity contribution in [1.29, 1.82) is 0 Å². The summed E-state index contributed by atoms with van der Waals surface area (Å²) in [5.41, 5.74) is 4.41. The van der Waals surface area contributed by atoms with E-state index >= 15 is 0 Å². The monoisotopic (exact) mass is 382 g/mol. The molecule has 0 unspecified atom stereocenters. The van der Waals surface area contributed by atoms with Gasteiger partial charge in [-0.05, 0) is 62.3 Å². The first-order chi connectivity index (χ1) is 11.7. The number of aryl methyl sites for hydroxylation is 2. The Morgan fingerprint density at radius 1 is 1.24 bits per heavy atom. The van der Waals surface area contributed by atoms with Crippen LogP contribution in [-0.2, 0) is 4.57 Å². The third-order valence-electron chi connectivity index (χ3n) is 5.17. The maximum atomic E-state index is 11.1. The van der Waals surface area contributed by atoms with E-state index in [1.54, 1.807) is 6.20 Å². The second kappa shape index (κ2) is 7.24. The quantitative estimate of drug-likeness (QED) is 0.772. The summed E-state index contributed by atoms with van der Waals surface area (Å²) in [6, 6.07) is 4.25. The van der Waals surface area contributed by atoms with Crippen molar-refractivity contribution in [2.24, 2.45) is 5.92 Å². The molecule has 1 saturated heterocycles. The molecule has 0 bridgehead atoms. The van der Waals surface area contributed by atoms with Crippen LogP contribution in [0.3, 0.4) is 0 Å². The number of pyridine rings is 1. The molecule has 1 aromatic heterocycles. The number of anilines is 1. The van der Waals surface area contributed by atoms with Crippen molar-refractivity contribution in [2.45, 2.75) is 33.1 Å². The zero-order chi connectivity index (χ0) is 18.2. The van der Waals surface area contributed by atoms with Crippen LogP contribution in [0.5, 0.6) is 0 Å². The summed E-state index contributed by atoms with van der Waals surface area (Å²) in [7, 11) is -3.90. The minimum atomic E-state index is -3.90. The van der Waals surface area contributed by atoms with Crippen LogP contribution in [0.4, 0.5) is 5.69 Å². The fraction of sp³-hybridized carbons (Fsp3) is 0.500. The lowest BCUT2D eigenvalue weighted by Crippen LogP contribution is -2.34. The van der Waals surface area contributed by atoms with Crippen LogP contribution in [0.15, 0.2) is 18.3 Å². The Morgan fingerprint density at radius 2 is 1.88 bits per heavy atom. The molecule has 7 heteroatoms. The van der Waals surface area contributed by atoms with Crippen molar-refractivity contribution in [3.63, 3.8) is 0 Å². The molecule has 25 heavy (non-hydrogen) atoms. The fourth-order valence-corrected chi connectivity index (χ4v) is 4.50. The van der Waals surface area contributed by atoms with Crippen molar-refractivity contribution < 1.29 is 14.4 Å². The van der Waals surface area contributed by atoms with Gasteiger partial charge in [0.15, 0.2) is 0 Å². The van der Waals surface area contributed by atoms with E-state index in [0.717, 1.165) is 42.5 Å². The summed E-state index contributed by atoms with van der Waals surface area (Å²) >= 11 is 6.48. The van der Waals surface area contributed by atoms with Gasteiger partial charge in [0.2, 0.25) is 0 Å². The van der Waals surface area contributed by atoms with Crippen molar-refractivity contribution in [2.75, 3.05) is 24.2 Å². The van der Waals surface area contributed by atoms with Gasteiger partial charge >= 0.3 is 7.60 Å². The average Bonchev–Trinajstić information content (AvgIpc) is 2.55. The SMILES string of the molecule is Cc1cc2ncc(Cl)c(N3CCC(CCP(=O)(O)O)CC3)c2cc1C. The minimum absolute atomic E-state index is 0.0188. The lowest BCUT2D eigenvalue weighted by Gasteiger charge is -2.35. The first kappa shape index (κ1) is 18.7. The first-order valence-corrected chi connectivity index (χ1v) is 10.8. The average molecular weight is 383 g/mol. The number of hydrogen-bond acceptors (Lipinski definition) is 3. The molecular weight excluding hydrogens is 359 g/mol. The third-order valence-corrected chi connectivity index (χ3v) is 6.29. The van der Waals surface area contributed by atoms with Crippen LogP contribution < -0.4 is 4.90 Å². The summed E-state index contributed by atoms with van der Waals surface area (Å²) < 4.78 is 11.1. The van der Waals surface area contributed by atoms with Crippen molar-refractivity contribution in [3.8, 4) is 0 Å². The van der Waals surface area contributed by atoms with Gasteiger partial charge in [-0.2, -0.15) is 0 Å². The molecule has 1 fully saturated rings. The number of nitrogens with zero attached hydrogens (tertiary/aromatic N) is 2. The van der Waals surface area contributed by atoms with Crippen molar-refractivity contribution in [3.05, 3.63) is 34.5 Å². The maximum absolute atomic E-state index is 11.1. The maximum Gasteiger partial charge on any atom is 0.325 e. The summed E-state index contributed by atoms with van der Waals surface area (Å²) in [4.78, 5) is 24.9. The van der Waals surface area contributed by atoms with Crippen LogP contribution >= 0.6 is 19.2 Å². The predicted molar refractivity (Wildman–Crippen MR) is 103 cm³/mol. The van der Waals surface area contributed by atoms with E-state index in [9.17, 15) is 4.57 Å². The van der Waals surface area contributed by atoms with Crippen molar-refractivity contribution >= 4 is 35.8 Å². The topological polar surface area (TPSA) is 73.7 Å². The first-order valence-electron chi connectivity index (χ1n) is 8.59. The molecule has 0 aliphatic carbocycles. The van der Waals surface area contributed by atoms with Crippen LogP contribution in [-0.4, -0.2) is 34.0 Å². The Balaban J connectivity index is 1.80. The molecule has 0 radical (unpaired) electrons. The van der Waals surface area contributed by atoms with Gasteiger partial charge in [-0.1, -0.05) is 11.6 Å². The van der Waals surface area contributed by atoms with E-state index in [0.29, 0.717) is 17.4 Å². The van der Waals surface area contributed by atoms with Crippen LogP contribution in [0.25, 0.3) is 10.9 Å². The third kappa shape index (κ3) is 4.35. The molecule has 1 aliphatic heterocycles. The van der Waals surface area contributed by atoms with Crippen LogP contribution in [0.2, 0.25) is 5.02 Å². The lowest BCUT2D eigenvalue weighted by molar-refractivity contribution is 0.350. The molecule has 136 valence electrons. The number of benzene rings is 1. The second-order valence-electron chi connectivity index (χ2n) is 7.02. The Hall–Kier alpha value is -1.13. The highest BCUT2D eigenvalue weighted by Gasteiger charge is 2.25. The Labute approximate surface area is 153 Å². The van der Waals surface area contributed by atoms with Gasteiger partial charge in [-0.15, -0.1) is 0 Å². The lowest BCUT2D eigenvalue weighted by atomic mass is 9.93. The second-order valence-corrected chi connectivity index (χ2v) is 9.20. The Bertz CT molecular complexity index is 829. The van der Waals surface area contributed by atoms with Gasteiger partial charge < -0.3 is 14.7 Å². The number of piperidine rings is 1. The molecule has 2 heterocycles. The van der Waals surface area contributed by atoms with Gasteiger partial charge in [-0.25, -0.2) is 0 Å².